The van der Waals surface area contributed by atoms with Gasteiger partial charge in [-0.15, -0.1) is 23.1 Å². The van der Waals surface area contributed by atoms with Gasteiger partial charge in [0.2, 0.25) is 5.91 Å². The van der Waals surface area contributed by atoms with Gasteiger partial charge < -0.3 is 4.90 Å². The quantitative estimate of drug-likeness (QED) is 0.926. The van der Waals surface area contributed by atoms with E-state index in [9.17, 15) is 4.79 Å². The van der Waals surface area contributed by atoms with Crippen LogP contribution in [0.5, 0.6) is 0 Å². The van der Waals surface area contributed by atoms with E-state index in [4.69, 9.17) is 0 Å². The zero-order chi connectivity index (χ0) is 11.5. The summed E-state index contributed by atoms with van der Waals surface area (Å²) in [4.78, 5) is 15.0. The zero-order valence-corrected chi connectivity index (χ0v) is 12.1. The lowest BCUT2D eigenvalue weighted by molar-refractivity contribution is -0.131. The summed E-state index contributed by atoms with van der Waals surface area (Å²) >= 11 is 6.87. The molecule has 1 atom stereocenters. The molecule has 1 aliphatic heterocycles. The maximum atomic E-state index is 12.0. The van der Waals surface area contributed by atoms with E-state index >= 15 is 0 Å². The van der Waals surface area contributed by atoms with Gasteiger partial charge in [-0.1, -0.05) is 0 Å². The van der Waals surface area contributed by atoms with E-state index in [2.05, 4.69) is 27.3 Å². The molecule has 1 N–H and O–H groups in total. The van der Waals surface area contributed by atoms with Gasteiger partial charge in [0.1, 0.15) is 0 Å². The molecule has 2 heterocycles. The number of nitrogens with zero attached hydrogens (tertiary/aromatic N) is 1. The summed E-state index contributed by atoms with van der Waals surface area (Å²) < 4.78 is 1.11. The molecule has 1 unspecified atom stereocenters. The van der Waals surface area contributed by atoms with Crippen LogP contribution in [-0.2, 0) is 11.3 Å². The van der Waals surface area contributed by atoms with Crippen LogP contribution in [0.4, 0.5) is 0 Å². The Bertz CT molecular complexity index is 377. The average Bonchev–Trinajstić information content (AvgIpc) is 2.88. The minimum absolute atomic E-state index is 0.00148. The summed E-state index contributed by atoms with van der Waals surface area (Å²) in [5.41, 5.74) is 0. The molecule has 2 rings (SSSR count). The van der Waals surface area contributed by atoms with E-state index in [0.717, 1.165) is 15.4 Å². The predicted molar refractivity (Wildman–Crippen MR) is 72.7 cm³/mol. The number of nitrogens with one attached hydrogen (secondary N) is 1. The van der Waals surface area contributed by atoms with Crippen LogP contribution in [0.2, 0.25) is 0 Å². The number of rotatable bonds is 3. The third kappa shape index (κ3) is 3.00. The molecule has 0 radical (unpaired) electrons. The van der Waals surface area contributed by atoms with Crippen LogP contribution in [0.15, 0.2) is 15.9 Å². The molecule has 1 amide bonds. The molecule has 0 aromatic carbocycles. The van der Waals surface area contributed by atoms with Crippen molar-refractivity contribution >= 4 is 44.9 Å². The molecule has 1 aromatic rings. The van der Waals surface area contributed by atoms with E-state index in [1.54, 1.807) is 28.0 Å². The van der Waals surface area contributed by atoms with Gasteiger partial charge in [-0.05, 0) is 28.1 Å². The standard InChI is InChI=1S/C10H13BrN2OS2/c1-13(4-7-2-3-9(11)16-7)10(14)8-5-15-6-12-8/h2-3,8,12H,4-6H2,1H3. The van der Waals surface area contributed by atoms with Gasteiger partial charge in [0.15, 0.2) is 0 Å². The smallest absolute Gasteiger partial charge is 0.240 e. The van der Waals surface area contributed by atoms with Crippen LogP contribution in [0, 0.1) is 0 Å². The molecule has 16 heavy (non-hydrogen) atoms. The minimum Gasteiger partial charge on any atom is -0.339 e. The molecule has 0 aliphatic carbocycles. The molecule has 0 saturated carbocycles. The Morgan fingerprint density at radius 1 is 1.69 bits per heavy atom. The van der Waals surface area contributed by atoms with Crippen molar-refractivity contribution in [2.24, 2.45) is 0 Å². The Kier molecular flexibility index (Phi) is 4.29. The van der Waals surface area contributed by atoms with Crippen molar-refractivity contribution in [3.05, 3.63) is 20.8 Å². The largest absolute Gasteiger partial charge is 0.339 e. The molecule has 6 heteroatoms. The molecule has 3 nitrogen and oxygen atoms in total. The van der Waals surface area contributed by atoms with Gasteiger partial charge in [-0.3, -0.25) is 10.1 Å². The first kappa shape index (κ1) is 12.4. The van der Waals surface area contributed by atoms with Gasteiger partial charge in [0.05, 0.1) is 16.4 Å². The summed E-state index contributed by atoms with van der Waals surface area (Å²) in [5, 5.41) is 3.19. The number of likely N-dealkylation sites (N-methyl/N-ethyl adjacent to an activating group) is 1. The Balaban J connectivity index is 1.91. The van der Waals surface area contributed by atoms with E-state index in [-0.39, 0.29) is 11.9 Å². The van der Waals surface area contributed by atoms with Crippen molar-refractivity contribution in [2.45, 2.75) is 12.6 Å². The number of thioether (sulfide) groups is 1. The predicted octanol–water partition coefficient (Wildman–Crippen LogP) is 2.13. The normalized spacial score (nSPS) is 20.0. The van der Waals surface area contributed by atoms with E-state index in [1.165, 1.54) is 4.88 Å². The lowest BCUT2D eigenvalue weighted by Gasteiger charge is -2.19. The first-order valence-corrected chi connectivity index (χ1v) is 7.73. The fourth-order valence-corrected chi connectivity index (χ4v) is 4.04. The SMILES string of the molecule is CN(Cc1ccc(Br)s1)C(=O)C1CSCN1. The van der Waals surface area contributed by atoms with Crippen LogP contribution < -0.4 is 5.32 Å². The molecule has 1 saturated heterocycles. The van der Waals surface area contributed by atoms with Crippen LogP contribution in [0.25, 0.3) is 0 Å². The summed E-state index contributed by atoms with van der Waals surface area (Å²) in [7, 11) is 1.86. The number of thiophene rings is 1. The highest BCUT2D eigenvalue weighted by Gasteiger charge is 2.25. The number of hydrogen-bond acceptors (Lipinski definition) is 4. The third-order valence-electron chi connectivity index (χ3n) is 2.41. The summed E-state index contributed by atoms with van der Waals surface area (Å²) in [5.74, 6) is 1.96. The van der Waals surface area contributed by atoms with Gasteiger partial charge >= 0.3 is 0 Å². The van der Waals surface area contributed by atoms with E-state index < -0.39 is 0 Å². The molecule has 0 spiro atoms. The Hall–Kier alpha value is -0.0400. The number of halogens is 1. The third-order valence-corrected chi connectivity index (χ3v) is 4.96. The van der Waals surface area contributed by atoms with Crippen LogP contribution in [0.1, 0.15) is 4.88 Å². The van der Waals surface area contributed by atoms with Crippen molar-refractivity contribution in [3.63, 3.8) is 0 Å². The Morgan fingerprint density at radius 2 is 2.50 bits per heavy atom. The second-order valence-corrected chi connectivity index (χ2v) is 7.25. The first-order chi connectivity index (χ1) is 7.66. The average molecular weight is 321 g/mol. The van der Waals surface area contributed by atoms with Crippen LogP contribution in [0.3, 0.4) is 0 Å². The maximum Gasteiger partial charge on any atom is 0.240 e. The van der Waals surface area contributed by atoms with Crippen molar-refractivity contribution in [1.82, 2.24) is 10.2 Å². The molecule has 0 bridgehead atoms. The van der Waals surface area contributed by atoms with Gasteiger partial charge in [0.25, 0.3) is 0 Å². The van der Waals surface area contributed by atoms with E-state index in [1.807, 2.05) is 13.1 Å². The molecule has 1 fully saturated rings. The van der Waals surface area contributed by atoms with Crippen molar-refractivity contribution in [2.75, 3.05) is 18.7 Å². The number of carbonyl (C=O) groups is 1. The van der Waals surface area contributed by atoms with Gasteiger partial charge in [-0.2, -0.15) is 0 Å². The lowest BCUT2D eigenvalue weighted by atomic mass is 10.3. The molecule has 1 aromatic heterocycles. The van der Waals surface area contributed by atoms with Crippen molar-refractivity contribution in [1.29, 1.82) is 0 Å². The van der Waals surface area contributed by atoms with Gasteiger partial charge in [-0.25, -0.2) is 0 Å². The first-order valence-electron chi connectivity index (χ1n) is 4.97. The lowest BCUT2D eigenvalue weighted by Crippen LogP contribution is -2.42. The monoisotopic (exact) mass is 320 g/mol. The number of hydrogen-bond donors (Lipinski definition) is 1. The maximum absolute atomic E-state index is 12.0. The second-order valence-electron chi connectivity index (χ2n) is 3.67. The zero-order valence-electron chi connectivity index (χ0n) is 8.90. The molecule has 1 aliphatic rings. The molecular weight excluding hydrogens is 308 g/mol. The summed E-state index contributed by atoms with van der Waals surface area (Å²) in [6, 6.07) is 4.07. The van der Waals surface area contributed by atoms with E-state index in [0.29, 0.717) is 6.54 Å². The molecular formula is C10H13BrN2OS2. The van der Waals surface area contributed by atoms with Crippen molar-refractivity contribution < 1.29 is 4.79 Å². The highest BCUT2D eigenvalue weighted by atomic mass is 79.9. The van der Waals surface area contributed by atoms with Crippen molar-refractivity contribution in [3.8, 4) is 0 Å². The molecule has 88 valence electrons. The Labute approximate surface area is 112 Å². The topological polar surface area (TPSA) is 32.3 Å². The van der Waals surface area contributed by atoms with Crippen LogP contribution in [-0.4, -0.2) is 35.5 Å². The fourth-order valence-electron chi connectivity index (χ4n) is 1.57. The fraction of sp³-hybridized carbons (Fsp3) is 0.500. The number of carbonyl (C=O) groups excluding carboxylic acids is 1. The minimum atomic E-state index is -0.00148. The highest BCUT2D eigenvalue weighted by Crippen LogP contribution is 2.23. The van der Waals surface area contributed by atoms with Crippen LogP contribution >= 0.6 is 39.0 Å². The van der Waals surface area contributed by atoms with Gasteiger partial charge in [0, 0.05) is 23.6 Å². The summed E-state index contributed by atoms with van der Waals surface area (Å²) in [6.07, 6.45) is 0. The second kappa shape index (κ2) is 5.53. The Morgan fingerprint density at radius 3 is 3.06 bits per heavy atom. The number of amides is 1. The highest BCUT2D eigenvalue weighted by molar-refractivity contribution is 9.11. The summed E-state index contributed by atoms with van der Waals surface area (Å²) in [6.45, 7) is 0.692.